The first-order valence-corrected chi connectivity index (χ1v) is 7.20. The first-order chi connectivity index (χ1) is 11.3. The summed E-state index contributed by atoms with van der Waals surface area (Å²) in [7, 11) is 0. The van der Waals surface area contributed by atoms with Crippen molar-refractivity contribution in [3.8, 4) is 0 Å². The van der Waals surface area contributed by atoms with Gasteiger partial charge in [-0.05, 0) is 29.8 Å². The summed E-state index contributed by atoms with van der Waals surface area (Å²) in [4.78, 5) is 31.1. The highest BCUT2D eigenvalue weighted by atomic mass is 16.2. The third-order valence-corrected chi connectivity index (χ3v) is 3.45. The molecule has 0 aliphatic heterocycles. The molecule has 5 heteroatoms. The van der Waals surface area contributed by atoms with E-state index in [1.807, 2.05) is 48.5 Å². The van der Waals surface area contributed by atoms with Crippen molar-refractivity contribution >= 4 is 5.91 Å². The molecular formula is C18H15N3O2. The highest BCUT2D eigenvalue weighted by Gasteiger charge is 2.20. The van der Waals surface area contributed by atoms with Gasteiger partial charge in [0.1, 0.15) is 5.56 Å². The zero-order valence-electron chi connectivity index (χ0n) is 12.3. The van der Waals surface area contributed by atoms with E-state index < -0.39 is 17.5 Å². The van der Waals surface area contributed by atoms with Crippen LogP contribution in [0.25, 0.3) is 0 Å². The molecule has 0 bridgehead atoms. The molecule has 5 nitrogen and oxygen atoms in total. The quantitative estimate of drug-likeness (QED) is 0.776. The molecule has 0 saturated heterocycles. The summed E-state index contributed by atoms with van der Waals surface area (Å²) >= 11 is 0. The number of nitrogens with zero attached hydrogens (tertiary/aromatic N) is 1. The molecule has 2 heterocycles. The number of H-pyrrole nitrogens is 1. The Bertz CT molecular complexity index is 805. The topological polar surface area (TPSA) is 74.8 Å². The average Bonchev–Trinajstić information content (AvgIpc) is 2.61. The van der Waals surface area contributed by atoms with Gasteiger partial charge in [-0.2, -0.15) is 0 Å². The molecule has 1 atom stereocenters. The van der Waals surface area contributed by atoms with Crippen molar-refractivity contribution in [1.82, 2.24) is 15.3 Å². The molecule has 1 unspecified atom stereocenters. The lowest BCUT2D eigenvalue weighted by Gasteiger charge is -2.18. The molecule has 3 aromatic rings. The number of carbonyl (C=O) groups is 1. The van der Waals surface area contributed by atoms with Crippen LogP contribution in [-0.4, -0.2) is 15.9 Å². The zero-order chi connectivity index (χ0) is 16.1. The highest BCUT2D eigenvalue weighted by Crippen LogP contribution is 2.20. The van der Waals surface area contributed by atoms with E-state index >= 15 is 0 Å². The molecule has 0 radical (unpaired) electrons. The van der Waals surface area contributed by atoms with Crippen molar-refractivity contribution in [1.29, 1.82) is 0 Å². The van der Waals surface area contributed by atoms with Crippen molar-refractivity contribution in [3.63, 3.8) is 0 Å². The summed E-state index contributed by atoms with van der Waals surface area (Å²) in [5.41, 5.74) is 1.26. The summed E-state index contributed by atoms with van der Waals surface area (Å²) in [5.74, 6) is -0.439. The van der Waals surface area contributed by atoms with E-state index in [1.54, 1.807) is 12.3 Å². The van der Waals surface area contributed by atoms with E-state index in [2.05, 4.69) is 15.3 Å². The Kier molecular flexibility index (Phi) is 4.29. The van der Waals surface area contributed by atoms with Gasteiger partial charge in [-0.15, -0.1) is 0 Å². The van der Waals surface area contributed by atoms with Crippen molar-refractivity contribution in [3.05, 3.63) is 100 Å². The van der Waals surface area contributed by atoms with Gasteiger partial charge in [-0.1, -0.05) is 36.4 Å². The number of pyridine rings is 2. The molecule has 3 rings (SSSR count). The number of hydrogen-bond donors (Lipinski definition) is 2. The zero-order valence-corrected chi connectivity index (χ0v) is 12.3. The second-order valence-electron chi connectivity index (χ2n) is 4.98. The van der Waals surface area contributed by atoms with E-state index in [1.165, 1.54) is 12.3 Å². The lowest BCUT2D eigenvalue weighted by molar-refractivity contribution is 0.0940. The number of amides is 1. The van der Waals surface area contributed by atoms with Gasteiger partial charge in [0.15, 0.2) is 0 Å². The van der Waals surface area contributed by atoms with Gasteiger partial charge >= 0.3 is 0 Å². The standard InChI is InChI=1S/C18H15N3O2/c22-17-14(9-6-12-20-17)18(23)21-16(13-7-2-1-3-8-13)15-10-4-5-11-19-15/h1-12,16H,(H,20,22)(H,21,23). The molecule has 23 heavy (non-hydrogen) atoms. The Morgan fingerprint density at radius 3 is 2.48 bits per heavy atom. The number of aromatic nitrogens is 2. The van der Waals surface area contributed by atoms with Crippen LogP contribution in [0.15, 0.2) is 77.9 Å². The van der Waals surface area contributed by atoms with Gasteiger partial charge in [-0.3, -0.25) is 14.6 Å². The van der Waals surface area contributed by atoms with Crippen LogP contribution in [-0.2, 0) is 0 Å². The Labute approximate surface area is 133 Å². The first kappa shape index (κ1) is 14.7. The number of rotatable bonds is 4. The minimum Gasteiger partial charge on any atom is -0.339 e. The third-order valence-electron chi connectivity index (χ3n) is 3.45. The molecular weight excluding hydrogens is 290 g/mol. The number of hydrogen-bond acceptors (Lipinski definition) is 3. The summed E-state index contributed by atoms with van der Waals surface area (Å²) in [5, 5.41) is 2.89. The van der Waals surface area contributed by atoms with E-state index in [0.717, 1.165) is 5.56 Å². The van der Waals surface area contributed by atoms with Gasteiger partial charge in [0, 0.05) is 12.4 Å². The maximum Gasteiger partial charge on any atom is 0.260 e. The number of nitrogens with one attached hydrogen (secondary N) is 2. The second kappa shape index (κ2) is 6.70. The van der Waals surface area contributed by atoms with Crippen LogP contribution < -0.4 is 10.9 Å². The van der Waals surface area contributed by atoms with Crippen LogP contribution in [0, 0.1) is 0 Å². The predicted octanol–water partition coefficient (Wildman–Crippen LogP) is 2.29. The molecule has 114 valence electrons. The van der Waals surface area contributed by atoms with Crippen LogP contribution in [0.4, 0.5) is 0 Å². The normalized spacial score (nSPS) is 11.7. The lowest BCUT2D eigenvalue weighted by Crippen LogP contribution is -2.33. The molecule has 0 fully saturated rings. The van der Waals surface area contributed by atoms with Crippen LogP contribution in [0.2, 0.25) is 0 Å². The maximum absolute atomic E-state index is 12.5. The van der Waals surface area contributed by atoms with E-state index in [4.69, 9.17) is 0 Å². The fourth-order valence-electron chi connectivity index (χ4n) is 2.33. The van der Waals surface area contributed by atoms with E-state index in [0.29, 0.717) is 5.69 Å². The van der Waals surface area contributed by atoms with Crippen molar-refractivity contribution in [2.45, 2.75) is 6.04 Å². The van der Waals surface area contributed by atoms with Crippen LogP contribution >= 0.6 is 0 Å². The second-order valence-corrected chi connectivity index (χ2v) is 4.98. The lowest BCUT2D eigenvalue weighted by atomic mass is 10.0. The highest BCUT2D eigenvalue weighted by molar-refractivity contribution is 5.94. The summed E-state index contributed by atoms with van der Waals surface area (Å²) in [6.45, 7) is 0. The molecule has 0 saturated carbocycles. The summed E-state index contributed by atoms with van der Waals surface area (Å²) in [6, 6.07) is 17.7. The molecule has 0 aliphatic carbocycles. The minimum absolute atomic E-state index is 0.0735. The molecule has 0 spiro atoms. The van der Waals surface area contributed by atoms with Crippen molar-refractivity contribution in [2.75, 3.05) is 0 Å². The third kappa shape index (κ3) is 3.35. The predicted molar refractivity (Wildman–Crippen MR) is 87.1 cm³/mol. The van der Waals surface area contributed by atoms with Gasteiger partial charge in [0.25, 0.3) is 11.5 Å². The Morgan fingerprint density at radius 1 is 1.00 bits per heavy atom. The van der Waals surface area contributed by atoms with Gasteiger partial charge < -0.3 is 10.3 Å². The van der Waals surface area contributed by atoms with E-state index in [-0.39, 0.29) is 5.56 Å². The summed E-state index contributed by atoms with van der Waals surface area (Å²) < 4.78 is 0. The molecule has 2 N–H and O–H groups in total. The van der Waals surface area contributed by atoms with E-state index in [9.17, 15) is 9.59 Å². The maximum atomic E-state index is 12.5. The Morgan fingerprint density at radius 2 is 1.78 bits per heavy atom. The number of benzene rings is 1. The average molecular weight is 305 g/mol. The number of carbonyl (C=O) groups excluding carboxylic acids is 1. The Hall–Kier alpha value is -3.21. The molecule has 1 aromatic carbocycles. The van der Waals surface area contributed by atoms with Crippen LogP contribution in [0.5, 0.6) is 0 Å². The van der Waals surface area contributed by atoms with Crippen LogP contribution in [0.1, 0.15) is 27.7 Å². The van der Waals surface area contributed by atoms with Gasteiger partial charge in [0.2, 0.25) is 0 Å². The number of aromatic amines is 1. The van der Waals surface area contributed by atoms with Crippen molar-refractivity contribution < 1.29 is 4.79 Å². The smallest absolute Gasteiger partial charge is 0.260 e. The fourth-order valence-corrected chi connectivity index (χ4v) is 2.33. The van der Waals surface area contributed by atoms with Gasteiger partial charge in [-0.25, -0.2) is 0 Å². The molecule has 0 aliphatic rings. The van der Waals surface area contributed by atoms with Crippen molar-refractivity contribution in [2.24, 2.45) is 0 Å². The summed E-state index contributed by atoms with van der Waals surface area (Å²) in [6.07, 6.45) is 3.17. The largest absolute Gasteiger partial charge is 0.339 e. The molecule has 2 aromatic heterocycles. The fraction of sp³-hybridized carbons (Fsp3) is 0.0556. The first-order valence-electron chi connectivity index (χ1n) is 7.20. The van der Waals surface area contributed by atoms with Gasteiger partial charge in [0.05, 0.1) is 11.7 Å². The SMILES string of the molecule is O=C(NC(c1ccccc1)c1ccccn1)c1ccc[nH]c1=O. The van der Waals surface area contributed by atoms with Crippen LogP contribution in [0.3, 0.4) is 0 Å². The Balaban J connectivity index is 1.96. The monoisotopic (exact) mass is 305 g/mol. The molecule has 1 amide bonds. The minimum atomic E-state index is -0.439.